The highest BCUT2D eigenvalue weighted by Crippen LogP contribution is 2.33. The lowest BCUT2D eigenvalue weighted by molar-refractivity contribution is 1.33. The Bertz CT molecular complexity index is 2870. The second-order valence-corrected chi connectivity index (χ2v) is 12.5. The average molecular weight is 661 g/mol. The number of rotatable bonds is 3. The molecular formula is C42H24N6O3. The molecule has 0 bridgehead atoms. The van der Waals surface area contributed by atoms with Crippen molar-refractivity contribution in [2.45, 2.75) is 0 Å². The summed E-state index contributed by atoms with van der Waals surface area (Å²) in [6.45, 7) is 0. The molecule has 6 aromatic heterocycles. The summed E-state index contributed by atoms with van der Waals surface area (Å²) < 4.78 is 0. The van der Waals surface area contributed by atoms with Crippen LogP contribution >= 0.6 is 0 Å². The summed E-state index contributed by atoms with van der Waals surface area (Å²) in [5.74, 6) is 0. The number of aromatic amines is 3. The highest BCUT2D eigenvalue weighted by Gasteiger charge is 2.22. The molecule has 0 fully saturated rings. The van der Waals surface area contributed by atoms with Crippen LogP contribution in [0.15, 0.2) is 142 Å². The smallest absolute Gasteiger partial charge is 0.199 e. The Morgan fingerprint density at radius 2 is 0.686 bits per heavy atom. The lowest BCUT2D eigenvalue weighted by Gasteiger charge is -2.14. The van der Waals surface area contributed by atoms with E-state index in [2.05, 4.69) is 29.9 Å². The number of benzene rings is 4. The third-order valence-corrected chi connectivity index (χ3v) is 9.63. The number of aromatic nitrogens is 6. The van der Waals surface area contributed by atoms with Crippen LogP contribution in [0, 0.1) is 0 Å². The molecule has 9 nitrogen and oxygen atoms in total. The summed E-state index contributed by atoms with van der Waals surface area (Å²) in [4.78, 5) is 67.9. The summed E-state index contributed by atoms with van der Waals surface area (Å²) >= 11 is 0. The van der Waals surface area contributed by atoms with Gasteiger partial charge in [-0.15, -0.1) is 0 Å². The highest BCUT2D eigenvalue weighted by atomic mass is 16.1. The first-order chi connectivity index (χ1) is 25.0. The van der Waals surface area contributed by atoms with E-state index in [-0.39, 0.29) is 32.4 Å². The van der Waals surface area contributed by atoms with E-state index >= 15 is 0 Å². The maximum absolute atomic E-state index is 14.7. The van der Waals surface area contributed by atoms with Gasteiger partial charge in [0.1, 0.15) is 0 Å². The Morgan fingerprint density at radius 3 is 0.961 bits per heavy atom. The molecule has 0 amide bonds. The number of hydrogen-bond acceptors (Lipinski definition) is 6. The SMILES string of the molecule is O=c1c2cc(-c3ccccn3)ccc2[nH]c2c1c1[nH]c3ccc(-c4ccccn4)cc3c(=O)c1c1[nH]c3ccc(-c4ccccn4)cc3c(=O)c21. The van der Waals surface area contributed by atoms with Crippen molar-refractivity contribution in [3.8, 4) is 33.8 Å². The monoisotopic (exact) mass is 660 g/mol. The fourth-order valence-corrected chi connectivity index (χ4v) is 7.22. The maximum atomic E-state index is 14.7. The van der Waals surface area contributed by atoms with E-state index < -0.39 is 0 Å². The first kappa shape index (κ1) is 28.7. The van der Waals surface area contributed by atoms with Crippen LogP contribution in [0.2, 0.25) is 0 Å². The lowest BCUT2D eigenvalue weighted by atomic mass is 9.97. The third kappa shape index (κ3) is 4.35. The fraction of sp³-hybridized carbons (Fsp3) is 0. The van der Waals surface area contributed by atoms with E-state index in [9.17, 15) is 14.4 Å². The van der Waals surface area contributed by atoms with Gasteiger partial charge in [-0.05, 0) is 72.8 Å². The molecule has 0 saturated heterocycles. The number of fused-ring (bicyclic) bond motifs is 9. The quantitative estimate of drug-likeness (QED) is 0.130. The zero-order chi connectivity index (χ0) is 34.2. The molecule has 0 radical (unpaired) electrons. The molecule has 0 unspecified atom stereocenters. The fourth-order valence-electron chi connectivity index (χ4n) is 7.22. The Kier molecular flexibility index (Phi) is 6.13. The minimum absolute atomic E-state index is 0.224. The molecule has 0 aliphatic rings. The first-order valence-corrected chi connectivity index (χ1v) is 16.4. The average Bonchev–Trinajstić information content (AvgIpc) is 3.18. The molecule has 0 aliphatic heterocycles. The van der Waals surface area contributed by atoms with Crippen molar-refractivity contribution in [3.63, 3.8) is 0 Å². The normalized spacial score (nSPS) is 11.8. The van der Waals surface area contributed by atoms with Crippen molar-refractivity contribution in [1.82, 2.24) is 29.9 Å². The second kappa shape index (κ2) is 10.9. The van der Waals surface area contributed by atoms with Crippen LogP contribution in [0.25, 0.3) is 99.2 Å². The molecule has 240 valence electrons. The van der Waals surface area contributed by atoms with Crippen molar-refractivity contribution in [2.24, 2.45) is 0 Å². The minimum Gasteiger partial charge on any atom is -0.354 e. The molecule has 10 aromatic rings. The molecule has 0 atom stereocenters. The molecule has 9 heteroatoms. The number of pyridine rings is 6. The van der Waals surface area contributed by atoms with E-state index in [1.807, 2.05) is 91.0 Å². The number of nitrogens with zero attached hydrogens (tertiary/aromatic N) is 3. The van der Waals surface area contributed by atoms with E-state index in [0.717, 1.165) is 33.8 Å². The van der Waals surface area contributed by atoms with Gasteiger partial charge in [-0.1, -0.05) is 36.4 Å². The summed E-state index contributed by atoms with van der Waals surface area (Å²) in [6.07, 6.45) is 5.11. The zero-order valence-corrected chi connectivity index (χ0v) is 26.7. The molecule has 51 heavy (non-hydrogen) atoms. The summed E-state index contributed by atoms with van der Waals surface area (Å²) in [7, 11) is 0. The second-order valence-electron chi connectivity index (χ2n) is 12.5. The van der Waals surface area contributed by atoms with Gasteiger partial charge in [-0.2, -0.15) is 0 Å². The van der Waals surface area contributed by atoms with Crippen LogP contribution in [-0.4, -0.2) is 29.9 Å². The van der Waals surface area contributed by atoms with Gasteiger partial charge < -0.3 is 15.0 Å². The van der Waals surface area contributed by atoms with Crippen molar-refractivity contribution < 1.29 is 0 Å². The summed E-state index contributed by atoms with van der Waals surface area (Å²) in [6, 6.07) is 33.4. The summed E-state index contributed by atoms with van der Waals surface area (Å²) in [5.41, 5.74) is 6.20. The van der Waals surface area contributed by atoms with E-state index in [1.54, 1.807) is 36.8 Å². The number of H-pyrrole nitrogens is 3. The third-order valence-electron chi connectivity index (χ3n) is 9.63. The van der Waals surface area contributed by atoms with E-state index in [1.165, 1.54) is 0 Å². The van der Waals surface area contributed by atoms with E-state index in [0.29, 0.717) is 49.3 Å². The van der Waals surface area contributed by atoms with Gasteiger partial charge in [0.05, 0.1) is 49.8 Å². The van der Waals surface area contributed by atoms with Gasteiger partial charge in [-0.3, -0.25) is 29.3 Å². The Hall–Kier alpha value is -7.26. The lowest BCUT2D eigenvalue weighted by Crippen LogP contribution is -2.15. The molecule has 0 aliphatic carbocycles. The largest absolute Gasteiger partial charge is 0.354 e. The molecule has 10 rings (SSSR count). The predicted molar refractivity (Wildman–Crippen MR) is 203 cm³/mol. The molecule has 6 heterocycles. The van der Waals surface area contributed by atoms with Crippen LogP contribution in [0.4, 0.5) is 0 Å². The topological polar surface area (TPSA) is 137 Å². The standard InChI is InChI=1S/C42H24N6O3/c49-40-25-19-22(28-7-1-4-16-43-28)10-13-31(25)46-37-34(40)38-36(42(51)26-20-23(11-14-32(26)47-38)29-8-2-5-17-44-29)39-35(37)41(50)27-21-24(12-15-33(27)48-39)30-9-3-6-18-45-30/h1-21H,(H,46,49)(H,47,51)(H,48,50). The molecule has 0 spiro atoms. The Balaban J connectivity index is 1.38. The van der Waals surface area contributed by atoms with Gasteiger partial charge in [0, 0.05) is 68.0 Å². The molecule has 3 N–H and O–H groups in total. The Morgan fingerprint density at radius 1 is 0.373 bits per heavy atom. The summed E-state index contributed by atoms with van der Waals surface area (Å²) in [5, 5.41) is 1.90. The van der Waals surface area contributed by atoms with Gasteiger partial charge in [0.2, 0.25) is 0 Å². The number of hydrogen-bond donors (Lipinski definition) is 3. The van der Waals surface area contributed by atoms with Gasteiger partial charge >= 0.3 is 0 Å². The molecule has 4 aromatic carbocycles. The van der Waals surface area contributed by atoms with E-state index in [4.69, 9.17) is 0 Å². The van der Waals surface area contributed by atoms with Crippen molar-refractivity contribution in [2.75, 3.05) is 0 Å². The maximum Gasteiger partial charge on any atom is 0.199 e. The van der Waals surface area contributed by atoms with Crippen molar-refractivity contribution in [1.29, 1.82) is 0 Å². The highest BCUT2D eigenvalue weighted by molar-refractivity contribution is 6.25. The zero-order valence-electron chi connectivity index (χ0n) is 26.7. The number of nitrogens with one attached hydrogen (secondary N) is 3. The molecular weight excluding hydrogens is 637 g/mol. The predicted octanol–water partition coefficient (Wildman–Crippen LogP) is 7.86. The van der Waals surface area contributed by atoms with Crippen molar-refractivity contribution in [3.05, 3.63) is 158 Å². The van der Waals surface area contributed by atoms with Crippen LogP contribution in [0.5, 0.6) is 0 Å². The van der Waals surface area contributed by atoms with Gasteiger partial charge in [0.15, 0.2) is 16.3 Å². The van der Waals surface area contributed by atoms with Gasteiger partial charge in [0.25, 0.3) is 0 Å². The van der Waals surface area contributed by atoms with Gasteiger partial charge in [-0.25, -0.2) is 0 Å². The van der Waals surface area contributed by atoms with Crippen LogP contribution in [0.1, 0.15) is 0 Å². The van der Waals surface area contributed by atoms with Crippen molar-refractivity contribution >= 4 is 65.4 Å². The Labute approximate surface area is 286 Å². The van der Waals surface area contributed by atoms with Crippen LogP contribution < -0.4 is 16.3 Å². The van der Waals surface area contributed by atoms with Crippen LogP contribution in [0.3, 0.4) is 0 Å². The minimum atomic E-state index is -0.315. The molecule has 0 saturated carbocycles. The van der Waals surface area contributed by atoms with Crippen LogP contribution in [-0.2, 0) is 0 Å². The first-order valence-electron chi connectivity index (χ1n) is 16.4.